The van der Waals surface area contributed by atoms with Gasteiger partial charge in [0.1, 0.15) is 7.80 Å². The first kappa shape index (κ1) is 20.5. The number of carbonyl (C=O) groups excluding carboxylic acids is 1. The predicted molar refractivity (Wildman–Crippen MR) is 111 cm³/mol. The molecule has 2 aromatic rings. The summed E-state index contributed by atoms with van der Waals surface area (Å²) in [6.45, 7) is 12.7. The van der Waals surface area contributed by atoms with Gasteiger partial charge in [0.05, 0.1) is 0 Å². The predicted octanol–water partition coefficient (Wildman–Crippen LogP) is 6.06. The summed E-state index contributed by atoms with van der Waals surface area (Å²) in [6, 6.07) is 13.3. The van der Waals surface area contributed by atoms with Gasteiger partial charge >= 0.3 is 0 Å². The lowest BCUT2D eigenvalue weighted by molar-refractivity contribution is 0.103. The van der Waals surface area contributed by atoms with Gasteiger partial charge < -0.3 is 0 Å². The van der Waals surface area contributed by atoms with Crippen molar-refractivity contribution in [3.05, 3.63) is 64.7 Å². The molecule has 0 saturated heterocycles. The van der Waals surface area contributed by atoms with E-state index in [1.54, 1.807) is 0 Å². The lowest BCUT2D eigenvalue weighted by atomic mass is 9.86. The number of hydrogen-bond acceptors (Lipinski definition) is 2. The molecule has 0 aliphatic rings. The second-order valence-electron chi connectivity index (χ2n) is 8.54. The van der Waals surface area contributed by atoms with Crippen molar-refractivity contribution in [3.8, 4) is 0 Å². The van der Waals surface area contributed by atoms with Crippen LogP contribution in [-0.4, -0.2) is 11.9 Å². The molecule has 0 spiro atoms. The largest absolute Gasteiger partial charge is 0.289 e. The minimum atomic E-state index is -1.60. The lowest BCUT2D eigenvalue weighted by Crippen LogP contribution is -2.18. The van der Waals surface area contributed by atoms with Crippen molar-refractivity contribution in [2.45, 2.75) is 48.0 Å². The van der Waals surface area contributed by atoms with E-state index in [1.165, 1.54) is 0 Å². The Labute approximate surface area is 158 Å². The van der Waals surface area contributed by atoms with E-state index in [9.17, 15) is 9.36 Å². The SMILES string of the molecule is Cc1cccc(C)c1C(=O)c1ccccc1[P](=O)CC(C)CC(C)(C)C. The number of rotatable bonds is 6. The van der Waals surface area contributed by atoms with Gasteiger partial charge in [-0.2, -0.15) is 0 Å². The Hall–Kier alpha value is -1.79. The second kappa shape index (κ2) is 8.27. The normalized spacial score (nSPS) is 13.4. The quantitative estimate of drug-likeness (QED) is 0.458. The molecule has 0 aliphatic carbocycles. The fourth-order valence-electron chi connectivity index (χ4n) is 3.68. The van der Waals surface area contributed by atoms with Crippen molar-refractivity contribution in [1.82, 2.24) is 0 Å². The molecule has 1 radical (unpaired) electrons. The highest BCUT2D eigenvalue weighted by Crippen LogP contribution is 2.32. The molecule has 2 rings (SSSR count). The molecule has 3 heteroatoms. The van der Waals surface area contributed by atoms with Crippen molar-refractivity contribution in [2.24, 2.45) is 11.3 Å². The maximum absolute atomic E-state index is 13.2. The van der Waals surface area contributed by atoms with Gasteiger partial charge in [0.15, 0.2) is 5.78 Å². The van der Waals surface area contributed by atoms with Crippen LogP contribution in [0.4, 0.5) is 0 Å². The number of aryl methyl sites for hydroxylation is 2. The summed E-state index contributed by atoms with van der Waals surface area (Å²) >= 11 is 0. The topological polar surface area (TPSA) is 34.1 Å². The molecule has 2 atom stereocenters. The summed E-state index contributed by atoms with van der Waals surface area (Å²) in [5, 5.41) is 0.691. The van der Waals surface area contributed by atoms with E-state index < -0.39 is 7.80 Å². The Bertz CT molecular complexity index is 795. The molecular formula is C23H30O2P. The fourth-order valence-corrected chi connectivity index (χ4v) is 5.27. The van der Waals surface area contributed by atoms with Crippen LogP contribution in [0.2, 0.25) is 0 Å². The smallest absolute Gasteiger partial charge is 0.194 e. The van der Waals surface area contributed by atoms with Crippen molar-refractivity contribution < 1.29 is 9.36 Å². The monoisotopic (exact) mass is 369 g/mol. The molecule has 2 unspecified atom stereocenters. The van der Waals surface area contributed by atoms with Crippen LogP contribution in [0.25, 0.3) is 0 Å². The summed E-state index contributed by atoms with van der Waals surface area (Å²) in [5.74, 6) is 0.324. The molecule has 2 nitrogen and oxygen atoms in total. The molecule has 0 aromatic heterocycles. The van der Waals surface area contributed by atoms with Gasteiger partial charge in [0.25, 0.3) is 0 Å². The third-order valence-corrected chi connectivity index (χ3v) is 6.45. The van der Waals surface area contributed by atoms with Crippen molar-refractivity contribution >= 4 is 18.9 Å². The zero-order valence-corrected chi connectivity index (χ0v) is 17.7. The minimum Gasteiger partial charge on any atom is -0.289 e. The molecule has 2 aromatic carbocycles. The Morgan fingerprint density at radius 3 is 2.15 bits per heavy atom. The summed E-state index contributed by atoms with van der Waals surface area (Å²) in [6.07, 6.45) is 1.63. The van der Waals surface area contributed by atoms with E-state index in [-0.39, 0.29) is 11.2 Å². The minimum absolute atomic E-state index is 0.0250. The third kappa shape index (κ3) is 5.11. The van der Waals surface area contributed by atoms with Crippen LogP contribution >= 0.6 is 7.80 Å². The zero-order chi connectivity index (χ0) is 19.5. The molecular weight excluding hydrogens is 339 g/mol. The van der Waals surface area contributed by atoms with Gasteiger partial charge in [0.2, 0.25) is 0 Å². The van der Waals surface area contributed by atoms with Crippen molar-refractivity contribution in [3.63, 3.8) is 0 Å². The van der Waals surface area contributed by atoms with Gasteiger partial charge in [-0.25, -0.2) is 0 Å². The third-order valence-electron chi connectivity index (χ3n) is 4.56. The molecule has 0 fully saturated rings. The number of ketones is 1. The average molecular weight is 369 g/mol. The Kier molecular flexibility index (Phi) is 6.53. The van der Waals surface area contributed by atoms with Crippen LogP contribution in [0, 0.1) is 25.2 Å². The molecule has 0 N–H and O–H groups in total. The maximum Gasteiger partial charge on any atom is 0.194 e. The Balaban J connectivity index is 2.33. The molecule has 139 valence electrons. The van der Waals surface area contributed by atoms with E-state index in [2.05, 4.69) is 27.7 Å². The van der Waals surface area contributed by atoms with Crippen LogP contribution in [0.15, 0.2) is 42.5 Å². The van der Waals surface area contributed by atoms with Gasteiger partial charge in [-0.1, -0.05) is 58.0 Å². The summed E-state index contributed by atoms with van der Waals surface area (Å²) < 4.78 is 13.1. The van der Waals surface area contributed by atoms with Gasteiger partial charge in [-0.05, 0) is 54.9 Å². The highest BCUT2D eigenvalue weighted by Gasteiger charge is 2.23. The van der Waals surface area contributed by atoms with Crippen molar-refractivity contribution in [2.75, 3.05) is 6.16 Å². The number of hydrogen-bond donors (Lipinski definition) is 0. The first-order chi connectivity index (χ1) is 12.1. The molecule has 0 saturated carbocycles. The Morgan fingerprint density at radius 1 is 1.00 bits per heavy atom. The van der Waals surface area contributed by atoms with E-state index >= 15 is 0 Å². The van der Waals surface area contributed by atoms with Gasteiger partial charge in [-0.15, -0.1) is 0 Å². The van der Waals surface area contributed by atoms with E-state index in [4.69, 9.17) is 0 Å². The van der Waals surface area contributed by atoms with Crippen LogP contribution in [0.1, 0.15) is 61.2 Å². The summed E-state index contributed by atoms with van der Waals surface area (Å²) in [4.78, 5) is 13.2. The van der Waals surface area contributed by atoms with E-state index in [0.717, 1.165) is 23.1 Å². The Morgan fingerprint density at radius 2 is 1.58 bits per heavy atom. The molecule has 0 aliphatic heterocycles. The standard InChI is InChI=1S/C23H30O2P/c1-16(14-23(4,5)6)15-26(25)20-13-8-7-12-19(20)22(24)21-17(2)10-9-11-18(21)3/h7-13,16H,14-15H2,1-6H3. The molecule has 0 amide bonds. The van der Waals surface area contributed by atoms with Crippen LogP contribution < -0.4 is 5.30 Å². The van der Waals surface area contributed by atoms with Crippen LogP contribution in [0.3, 0.4) is 0 Å². The van der Waals surface area contributed by atoms with Crippen molar-refractivity contribution in [1.29, 1.82) is 0 Å². The summed E-state index contributed by atoms with van der Waals surface area (Å²) in [5.41, 5.74) is 3.44. The average Bonchev–Trinajstić information content (AvgIpc) is 2.52. The lowest BCUT2D eigenvalue weighted by Gasteiger charge is -2.23. The van der Waals surface area contributed by atoms with Crippen LogP contribution in [0.5, 0.6) is 0 Å². The summed E-state index contributed by atoms with van der Waals surface area (Å²) in [7, 11) is -1.60. The number of benzene rings is 2. The molecule has 26 heavy (non-hydrogen) atoms. The second-order valence-corrected chi connectivity index (χ2v) is 10.1. The van der Waals surface area contributed by atoms with E-state index in [0.29, 0.717) is 22.9 Å². The zero-order valence-electron chi connectivity index (χ0n) is 16.8. The first-order valence-electron chi connectivity index (χ1n) is 9.25. The van der Waals surface area contributed by atoms with Gasteiger partial charge in [0, 0.05) is 22.6 Å². The molecule has 0 bridgehead atoms. The first-order valence-corrected chi connectivity index (χ1v) is 10.7. The van der Waals surface area contributed by atoms with Gasteiger partial charge in [-0.3, -0.25) is 9.36 Å². The highest BCUT2D eigenvalue weighted by atomic mass is 31.1. The molecule has 0 heterocycles. The van der Waals surface area contributed by atoms with Crippen LogP contribution in [-0.2, 0) is 4.57 Å². The fraction of sp³-hybridized carbons (Fsp3) is 0.435. The highest BCUT2D eigenvalue weighted by molar-refractivity contribution is 7.53. The van der Waals surface area contributed by atoms with E-state index in [1.807, 2.05) is 56.3 Å². The maximum atomic E-state index is 13.2. The number of carbonyl (C=O) groups is 1.